The summed E-state index contributed by atoms with van der Waals surface area (Å²) in [4.78, 5) is 14.5. The lowest BCUT2D eigenvalue weighted by Gasteiger charge is -2.07. The maximum Gasteiger partial charge on any atom is 0.358 e. The predicted molar refractivity (Wildman–Crippen MR) is 53.2 cm³/mol. The van der Waals surface area contributed by atoms with E-state index in [1.807, 2.05) is 0 Å². The topological polar surface area (TPSA) is 68.7 Å². The molecule has 82 valence electrons. The molecule has 0 aliphatic heterocycles. The van der Waals surface area contributed by atoms with Crippen molar-refractivity contribution in [1.29, 1.82) is 0 Å². The summed E-state index contributed by atoms with van der Waals surface area (Å²) in [7, 11) is 1.60. The van der Waals surface area contributed by atoms with Crippen LogP contribution in [-0.4, -0.2) is 36.4 Å². The Kier molecular flexibility index (Phi) is 4.56. The van der Waals surface area contributed by atoms with Crippen LogP contribution in [0.4, 0.5) is 0 Å². The van der Waals surface area contributed by atoms with E-state index in [1.165, 1.54) is 6.20 Å². The van der Waals surface area contributed by atoms with Gasteiger partial charge in [0.1, 0.15) is 0 Å². The Morgan fingerprint density at radius 1 is 1.53 bits per heavy atom. The Labute approximate surface area is 87.7 Å². The molecular weight excluding hydrogens is 198 g/mol. The van der Waals surface area contributed by atoms with Gasteiger partial charge in [0.15, 0.2) is 11.4 Å². The van der Waals surface area contributed by atoms with E-state index in [4.69, 9.17) is 14.6 Å². The van der Waals surface area contributed by atoms with E-state index in [2.05, 4.69) is 4.98 Å². The van der Waals surface area contributed by atoms with Crippen LogP contribution in [0.25, 0.3) is 0 Å². The van der Waals surface area contributed by atoms with Crippen LogP contribution >= 0.6 is 0 Å². The minimum atomic E-state index is -1.09. The van der Waals surface area contributed by atoms with E-state index < -0.39 is 5.97 Å². The number of ether oxygens (including phenoxy) is 2. The van der Waals surface area contributed by atoms with Gasteiger partial charge < -0.3 is 14.6 Å². The first-order valence-corrected chi connectivity index (χ1v) is 4.55. The molecule has 0 aliphatic rings. The second kappa shape index (κ2) is 5.98. The molecule has 1 N–H and O–H groups in total. The van der Waals surface area contributed by atoms with Gasteiger partial charge in [-0.25, -0.2) is 9.78 Å². The summed E-state index contributed by atoms with van der Waals surface area (Å²) >= 11 is 0. The van der Waals surface area contributed by atoms with Crippen molar-refractivity contribution in [2.24, 2.45) is 0 Å². The highest BCUT2D eigenvalue weighted by atomic mass is 16.5. The van der Waals surface area contributed by atoms with Crippen molar-refractivity contribution in [2.75, 3.05) is 20.3 Å². The number of hydrogen-bond acceptors (Lipinski definition) is 4. The number of hydrogen-bond donors (Lipinski definition) is 1. The molecule has 0 radical (unpaired) electrons. The zero-order valence-corrected chi connectivity index (χ0v) is 8.47. The molecule has 0 fully saturated rings. The van der Waals surface area contributed by atoms with Crippen molar-refractivity contribution >= 4 is 5.97 Å². The minimum absolute atomic E-state index is 0.0603. The average Bonchev–Trinajstić information content (AvgIpc) is 2.25. The van der Waals surface area contributed by atoms with Gasteiger partial charge in [0.05, 0.1) is 6.61 Å². The Balaban J connectivity index is 2.56. The first-order valence-electron chi connectivity index (χ1n) is 4.55. The fraction of sp³-hybridized carbons (Fsp3) is 0.400. The molecule has 0 amide bonds. The summed E-state index contributed by atoms with van der Waals surface area (Å²) in [6.07, 6.45) is 2.13. The van der Waals surface area contributed by atoms with Crippen LogP contribution in [0.15, 0.2) is 18.3 Å². The quantitative estimate of drug-likeness (QED) is 0.716. The van der Waals surface area contributed by atoms with Crippen LogP contribution in [0.1, 0.15) is 16.9 Å². The van der Waals surface area contributed by atoms with Gasteiger partial charge in [-0.1, -0.05) is 0 Å². The minimum Gasteiger partial charge on any atom is -0.491 e. The molecule has 1 aromatic heterocycles. The fourth-order valence-corrected chi connectivity index (χ4v) is 1.05. The third-order valence-electron chi connectivity index (χ3n) is 1.72. The van der Waals surface area contributed by atoms with E-state index >= 15 is 0 Å². The molecule has 0 aliphatic carbocycles. The number of pyridine rings is 1. The van der Waals surface area contributed by atoms with Gasteiger partial charge in [-0.05, 0) is 12.1 Å². The average molecular weight is 211 g/mol. The maximum absolute atomic E-state index is 10.7. The van der Waals surface area contributed by atoms with Gasteiger partial charge in [0, 0.05) is 26.3 Å². The van der Waals surface area contributed by atoms with Gasteiger partial charge in [-0.15, -0.1) is 0 Å². The van der Waals surface area contributed by atoms with Gasteiger partial charge in [0.25, 0.3) is 0 Å². The van der Waals surface area contributed by atoms with E-state index in [0.29, 0.717) is 25.4 Å². The number of carboxylic acids is 1. The lowest BCUT2D eigenvalue weighted by Crippen LogP contribution is -2.07. The Morgan fingerprint density at radius 2 is 2.33 bits per heavy atom. The first-order chi connectivity index (χ1) is 7.25. The van der Waals surface area contributed by atoms with Crippen LogP contribution in [0, 0.1) is 0 Å². The van der Waals surface area contributed by atoms with Crippen LogP contribution in [0.5, 0.6) is 5.75 Å². The van der Waals surface area contributed by atoms with Gasteiger partial charge in [0.2, 0.25) is 0 Å². The smallest absolute Gasteiger partial charge is 0.358 e. The molecule has 0 bridgehead atoms. The molecular formula is C10H13NO4. The van der Waals surface area contributed by atoms with E-state index in [1.54, 1.807) is 19.2 Å². The molecule has 1 aromatic rings. The molecule has 5 heteroatoms. The summed E-state index contributed by atoms with van der Waals surface area (Å²) in [5.41, 5.74) is -0.0603. The van der Waals surface area contributed by atoms with Crippen molar-refractivity contribution in [3.05, 3.63) is 24.0 Å². The molecule has 1 rings (SSSR count). The van der Waals surface area contributed by atoms with Crippen LogP contribution in [-0.2, 0) is 4.74 Å². The number of carbonyl (C=O) groups is 1. The van der Waals surface area contributed by atoms with E-state index in [-0.39, 0.29) is 5.69 Å². The van der Waals surface area contributed by atoms with Gasteiger partial charge in [-0.2, -0.15) is 0 Å². The number of rotatable bonds is 6. The summed E-state index contributed by atoms with van der Waals surface area (Å²) in [5, 5.41) is 8.80. The Hall–Kier alpha value is -1.62. The van der Waals surface area contributed by atoms with Crippen LogP contribution in [0.2, 0.25) is 0 Å². The third kappa shape index (κ3) is 3.55. The summed E-state index contributed by atoms with van der Waals surface area (Å²) in [6.45, 7) is 1.00. The normalized spacial score (nSPS) is 9.93. The van der Waals surface area contributed by atoms with Crippen LogP contribution < -0.4 is 4.74 Å². The molecule has 0 spiro atoms. The zero-order valence-electron chi connectivity index (χ0n) is 8.47. The summed E-state index contributed by atoms with van der Waals surface area (Å²) < 4.78 is 10.1. The van der Waals surface area contributed by atoms with Crippen molar-refractivity contribution in [1.82, 2.24) is 4.98 Å². The van der Waals surface area contributed by atoms with Crippen molar-refractivity contribution in [3.63, 3.8) is 0 Å². The second-order valence-corrected chi connectivity index (χ2v) is 2.85. The second-order valence-electron chi connectivity index (χ2n) is 2.85. The largest absolute Gasteiger partial charge is 0.491 e. The standard InChI is InChI=1S/C10H13NO4/c1-14-6-3-7-15-8-4-2-5-11-9(8)10(12)13/h2,4-5H,3,6-7H2,1H3,(H,12,13). The number of aromatic carboxylic acids is 1. The molecule has 1 heterocycles. The number of carboxylic acid groups (broad SMARTS) is 1. The van der Waals surface area contributed by atoms with Gasteiger partial charge >= 0.3 is 5.97 Å². The lowest BCUT2D eigenvalue weighted by molar-refractivity contribution is 0.0685. The van der Waals surface area contributed by atoms with E-state index in [9.17, 15) is 4.79 Å². The lowest BCUT2D eigenvalue weighted by atomic mass is 10.3. The van der Waals surface area contributed by atoms with Crippen molar-refractivity contribution < 1.29 is 19.4 Å². The Morgan fingerprint density at radius 3 is 3.00 bits per heavy atom. The number of aromatic nitrogens is 1. The highest BCUT2D eigenvalue weighted by Crippen LogP contribution is 2.15. The number of methoxy groups -OCH3 is 1. The monoisotopic (exact) mass is 211 g/mol. The highest BCUT2D eigenvalue weighted by molar-refractivity contribution is 5.88. The third-order valence-corrected chi connectivity index (χ3v) is 1.72. The predicted octanol–water partition coefficient (Wildman–Crippen LogP) is 1.20. The highest BCUT2D eigenvalue weighted by Gasteiger charge is 2.11. The summed E-state index contributed by atoms with van der Waals surface area (Å²) in [6, 6.07) is 3.22. The molecule has 0 unspecified atom stereocenters. The van der Waals surface area contributed by atoms with Crippen LogP contribution in [0.3, 0.4) is 0 Å². The molecule has 0 saturated carbocycles. The summed E-state index contributed by atoms with van der Waals surface area (Å²) in [5.74, 6) is -0.793. The maximum atomic E-state index is 10.7. The van der Waals surface area contributed by atoms with Gasteiger partial charge in [-0.3, -0.25) is 0 Å². The molecule has 5 nitrogen and oxygen atoms in total. The molecule has 0 saturated heterocycles. The Bertz CT molecular complexity index is 327. The molecule has 0 atom stereocenters. The van der Waals surface area contributed by atoms with E-state index in [0.717, 1.165) is 0 Å². The fourth-order valence-electron chi connectivity index (χ4n) is 1.05. The molecule has 15 heavy (non-hydrogen) atoms. The van der Waals surface area contributed by atoms with Crippen molar-refractivity contribution in [2.45, 2.75) is 6.42 Å². The zero-order chi connectivity index (χ0) is 11.1. The number of nitrogens with zero attached hydrogens (tertiary/aromatic N) is 1. The SMILES string of the molecule is COCCCOc1cccnc1C(=O)O. The first kappa shape index (κ1) is 11.5. The van der Waals surface area contributed by atoms with Crippen molar-refractivity contribution in [3.8, 4) is 5.75 Å². The molecule has 0 aromatic carbocycles.